The highest BCUT2D eigenvalue weighted by Crippen LogP contribution is 2.22. The third-order valence-corrected chi connectivity index (χ3v) is 5.79. The maximum absolute atomic E-state index is 12.8. The van der Waals surface area contributed by atoms with E-state index in [9.17, 15) is 8.42 Å². The minimum absolute atomic E-state index is 0.0958. The van der Waals surface area contributed by atoms with Crippen molar-refractivity contribution in [1.82, 2.24) is 23.8 Å². The second-order valence-electron chi connectivity index (χ2n) is 5.69. The molecule has 8 nitrogen and oxygen atoms in total. The SMILES string of the molecule is CCn1cc(S(=O)(=O)N2CCCC(Oc3ncccn3)C2)nc1C. The fraction of sp³-hybridized carbons (Fsp3) is 0.533. The normalized spacial score (nSPS) is 19.3. The van der Waals surface area contributed by atoms with E-state index in [0.717, 1.165) is 12.8 Å². The Bertz CT molecular complexity index is 791. The van der Waals surface area contributed by atoms with Crippen LogP contribution >= 0.6 is 0 Å². The van der Waals surface area contributed by atoms with Crippen LogP contribution in [-0.4, -0.2) is 51.4 Å². The summed E-state index contributed by atoms with van der Waals surface area (Å²) in [7, 11) is -3.62. The molecule has 1 saturated heterocycles. The first-order valence-corrected chi connectivity index (χ1v) is 9.42. The first-order chi connectivity index (χ1) is 11.5. The zero-order valence-corrected chi connectivity index (χ0v) is 14.6. The number of hydrogen-bond donors (Lipinski definition) is 0. The van der Waals surface area contributed by atoms with Gasteiger partial charge in [-0.1, -0.05) is 0 Å². The number of imidazole rings is 1. The van der Waals surface area contributed by atoms with Gasteiger partial charge in [0.25, 0.3) is 10.0 Å². The van der Waals surface area contributed by atoms with E-state index in [4.69, 9.17) is 4.74 Å². The molecule has 0 bridgehead atoms. The summed E-state index contributed by atoms with van der Waals surface area (Å²) in [6, 6.07) is 1.98. The molecule has 1 unspecified atom stereocenters. The van der Waals surface area contributed by atoms with Crippen LogP contribution in [0.25, 0.3) is 0 Å². The quantitative estimate of drug-likeness (QED) is 0.805. The van der Waals surface area contributed by atoms with E-state index in [2.05, 4.69) is 15.0 Å². The second kappa shape index (κ2) is 6.86. The molecule has 24 heavy (non-hydrogen) atoms. The lowest BCUT2D eigenvalue weighted by atomic mass is 10.1. The molecule has 2 aromatic rings. The summed E-state index contributed by atoms with van der Waals surface area (Å²) in [4.78, 5) is 12.3. The monoisotopic (exact) mass is 351 g/mol. The summed E-state index contributed by atoms with van der Waals surface area (Å²) in [5.41, 5.74) is 0. The zero-order valence-electron chi connectivity index (χ0n) is 13.8. The Labute approximate surface area is 141 Å². The van der Waals surface area contributed by atoms with Gasteiger partial charge in [-0.2, -0.15) is 4.31 Å². The molecule has 1 fully saturated rings. The number of ether oxygens (including phenoxy) is 1. The van der Waals surface area contributed by atoms with Gasteiger partial charge in [-0.3, -0.25) is 0 Å². The summed E-state index contributed by atoms with van der Waals surface area (Å²) in [5, 5.41) is 0.0958. The number of aryl methyl sites for hydroxylation is 2. The molecule has 0 amide bonds. The molecule has 1 atom stereocenters. The van der Waals surface area contributed by atoms with Crippen LogP contribution in [0.2, 0.25) is 0 Å². The van der Waals surface area contributed by atoms with Crippen LogP contribution in [0.5, 0.6) is 6.01 Å². The maximum Gasteiger partial charge on any atom is 0.316 e. The third kappa shape index (κ3) is 3.41. The fourth-order valence-electron chi connectivity index (χ4n) is 2.77. The predicted molar refractivity (Wildman–Crippen MR) is 87.1 cm³/mol. The minimum atomic E-state index is -3.62. The average Bonchev–Trinajstić information content (AvgIpc) is 2.98. The van der Waals surface area contributed by atoms with Crippen molar-refractivity contribution in [1.29, 1.82) is 0 Å². The molecule has 1 aliphatic heterocycles. The summed E-state index contributed by atoms with van der Waals surface area (Å²) in [5.74, 6) is 0.693. The Hall–Kier alpha value is -2.00. The molecule has 3 heterocycles. The van der Waals surface area contributed by atoms with Crippen molar-refractivity contribution in [3.63, 3.8) is 0 Å². The highest BCUT2D eigenvalue weighted by Gasteiger charge is 2.33. The van der Waals surface area contributed by atoms with Gasteiger partial charge in [-0.05, 0) is 32.8 Å². The molecule has 0 aromatic carbocycles. The first kappa shape index (κ1) is 16.8. The number of aromatic nitrogens is 4. The van der Waals surface area contributed by atoms with Gasteiger partial charge in [-0.15, -0.1) is 0 Å². The zero-order chi connectivity index (χ0) is 17.2. The van der Waals surface area contributed by atoms with Crippen LogP contribution in [0, 0.1) is 6.92 Å². The molecule has 0 spiro atoms. The molecule has 1 aliphatic rings. The van der Waals surface area contributed by atoms with Crippen molar-refractivity contribution in [3.05, 3.63) is 30.5 Å². The highest BCUT2D eigenvalue weighted by atomic mass is 32.2. The summed E-state index contributed by atoms with van der Waals surface area (Å²) >= 11 is 0. The summed E-state index contributed by atoms with van der Waals surface area (Å²) < 4.78 is 34.6. The molecule has 0 aliphatic carbocycles. The predicted octanol–water partition coefficient (Wildman–Crippen LogP) is 1.23. The largest absolute Gasteiger partial charge is 0.459 e. The van der Waals surface area contributed by atoms with Gasteiger partial charge in [0.1, 0.15) is 11.9 Å². The van der Waals surface area contributed by atoms with Crippen molar-refractivity contribution >= 4 is 10.0 Å². The van der Waals surface area contributed by atoms with Crippen LogP contribution in [-0.2, 0) is 16.6 Å². The van der Waals surface area contributed by atoms with E-state index in [-0.39, 0.29) is 23.7 Å². The third-order valence-electron chi connectivity index (χ3n) is 4.05. The minimum Gasteiger partial charge on any atom is -0.459 e. The molecule has 2 aromatic heterocycles. The van der Waals surface area contributed by atoms with E-state index < -0.39 is 10.0 Å². The van der Waals surface area contributed by atoms with Crippen LogP contribution in [0.1, 0.15) is 25.6 Å². The number of rotatable bonds is 5. The van der Waals surface area contributed by atoms with Gasteiger partial charge < -0.3 is 9.30 Å². The van der Waals surface area contributed by atoms with Crippen molar-refractivity contribution in [3.8, 4) is 6.01 Å². The van der Waals surface area contributed by atoms with Crippen molar-refractivity contribution in [2.45, 2.75) is 44.4 Å². The van der Waals surface area contributed by atoms with E-state index in [1.165, 1.54) is 4.31 Å². The van der Waals surface area contributed by atoms with Gasteiger partial charge in [0, 0.05) is 31.7 Å². The van der Waals surface area contributed by atoms with Crippen molar-refractivity contribution in [2.75, 3.05) is 13.1 Å². The second-order valence-corrected chi connectivity index (χ2v) is 7.57. The highest BCUT2D eigenvalue weighted by molar-refractivity contribution is 7.89. The lowest BCUT2D eigenvalue weighted by Crippen LogP contribution is -2.44. The van der Waals surface area contributed by atoms with Gasteiger partial charge in [0.15, 0.2) is 5.03 Å². The van der Waals surface area contributed by atoms with Crippen molar-refractivity contribution < 1.29 is 13.2 Å². The van der Waals surface area contributed by atoms with Crippen LogP contribution < -0.4 is 4.74 Å². The molecule has 9 heteroatoms. The van der Waals surface area contributed by atoms with E-state index in [1.807, 2.05) is 11.5 Å². The van der Waals surface area contributed by atoms with E-state index in [0.29, 0.717) is 18.9 Å². The molecular weight excluding hydrogens is 330 g/mol. The van der Waals surface area contributed by atoms with E-state index in [1.54, 1.807) is 31.6 Å². The molecule has 0 N–H and O–H groups in total. The Kier molecular flexibility index (Phi) is 4.81. The Morgan fingerprint density at radius 2 is 2.08 bits per heavy atom. The molecule has 130 valence electrons. The number of piperidine rings is 1. The molecule has 0 saturated carbocycles. The number of sulfonamides is 1. The molecule has 3 rings (SSSR count). The maximum atomic E-state index is 12.8. The lowest BCUT2D eigenvalue weighted by Gasteiger charge is -2.30. The van der Waals surface area contributed by atoms with Crippen LogP contribution in [0.4, 0.5) is 0 Å². The standard InChI is InChI=1S/C15H21N5O3S/c1-3-19-11-14(18-12(19)2)24(21,22)20-9-4-6-13(10-20)23-15-16-7-5-8-17-15/h5,7-8,11,13H,3-4,6,9-10H2,1-2H3. The van der Waals surface area contributed by atoms with Gasteiger partial charge in [0.2, 0.25) is 0 Å². The molecule has 0 radical (unpaired) electrons. The topological polar surface area (TPSA) is 90.2 Å². The average molecular weight is 351 g/mol. The van der Waals surface area contributed by atoms with Gasteiger partial charge in [-0.25, -0.2) is 23.4 Å². The Morgan fingerprint density at radius 3 is 2.75 bits per heavy atom. The number of hydrogen-bond acceptors (Lipinski definition) is 6. The van der Waals surface area contributed by atoms with Gasteiger partial charge in [0.05, 0.1) is 6.54 Å². The number of nitrogens with zero attached hydrogens (tertiary/aromatic N) is 5. The van der Waals surface area contributed by atoms with E-state index >= 15 is 0 Å². The first-order valence-electron chi connectivity index (χ1n) is 7.98. The summed E-state index contributed by atoms with van der Waals surface area (Å²) in [6.07, 6.45) is 6.02. The lowest BCUT2D eigenvalue weighted by molar-refractivity contribution is 0.119. The Balaban J connectivity index is 1.75. The Morgan fingerprint density at radius 1 is 1.33 bits per heavy atom. The smallest absolute Gasteiger partial charge is 0.316 e. The fourth-order valence-corrected chi connectivity index (χ4v) is 4.28. The molecular formula is C15H21N5O3S. The van der Waals surface area contributed by atoms with Gasteiger partial charge >= 0.3 is 6.01 Å². The van der Waals surface area contributed by atoms with Crippen LogP contribution in [0.15, 0.2) is 29.7 Å². The van der Waals surface area contributed by atoms with Crippen LogP contribution in [0.3, 0.4) is 0 Å². The summed E-state index contributed by atoms with van der Waals surface area (Å²) in [6.45, 7) is 5.19. The van der Waals surface area contributed by atoms with Crippen molar-refractivity contribution in [2.24, 2.45) is 0 Å².